The van der Waals surface area contributed by atoms with Crippen molar-refractivity contribution >= 4 is 23.3 Å². The topological polar surface area (TPSA) is 84.9 Å². The second-order valence-electron chi connectivity index (χ2n) is 7.25. The minimum absolute atomic E-state index is 0.0383. The van der Waals surface area contributed by atoms with Gasteiger partial charge in [0.05, 0.1) is 11.8 Å². The Kier molecular flexibility index (Phi) is 6.28. The molecule has 0 bridgehead atoms. The van der Waals surface area contributed by atoms with Gasteiger partial charge in [0.25, 0.3) is 0 Å². The van der Waals surface area contributed by atoms with Crippen LogP contribution in [0.4, 0.5) is 20.6 Å². The predicted molar refractivity (Wildman–Crippen MR) is 101 cm³/mol. The first-order valence-corrected chi connectivity index (χ1v) is 9.49. The Morgan fingerprint density at radius 1 is 1.11 bits per heavy atom. The Balaban J connectivity index is 1.54. The molecule has 1 saturated carbocycles. The van der Waals surface area contributed by atoms with Crippen LogP contribution in [0.25, 0.3) is 0 Å². The van der Waals surface area contributed by atoms with Gasteiger partial charge >= 0.3 is 6.03 Å². The highest BCUT2D eigenvalue weighted by Gasteiger charge is 2.31. The summed E-state index contributed by atoms with van der Waals surface area (Å²) in [6.45, 7) is 3.92. The number of benzene rings is 1. The SMILES string of the molecule is CC(=O)Nc1cc(NC(=O)N2CCN([C@H]3CCCC[C@@H]3O)CC2)ccc1F. The summed E-state index contributed by atoms with van der Waals surface area (Å²) in [5.74, 6) is -0.929. The number of nitrogens with one attached hydrogen (secondary N) is 2. The maximum atomic E-state index is 13.7. The van der Waals surface area contributed by atoms with E-state index in [9.17, 15) is 19.1 Å². The lowest BCUT2D eigenvalue weighted by atomic mass is 9.91. The summed E-state index contributed by atoms with van der Waals surface area (Å²) in [6, 6.07) is 4.03. The third-order valence-corrected chi connectivity index (χ3v) is 5.29. The zero-order valence-corrected chi connectivity index (χ0v) is 15.6. The number of anilines is 2. The van der Waals surface area contributed by atoms with Gasteiger partial charge in [-0.25, -0.2) is 9.18 Å². The molecule has 1 aromatic carbocycles. The fourth-order valence-corrected chi connectivity index (χ4v) is 3.87. The lowest BCUT2D eigenvalue weighted by Gasteiger charge is -2.42. The normalized spacial score (nSPS) is 23.7. The van der Waals surface area contributed by atoms with Gasteiger partial charge in [-0.15, -0.1) is 0 Å². The number of aliphatic hydroxyl groups excluding tert-OH is 1. The van der Waals surface area contributed by atoms with Crippen molar-refractivity contribution in [2.45, 2.75) is 44.8 Å². The zero-order chi connectivity index (χ0) is 19.4. The molecule has 0 aromatic heterocycles. The summed E-state index contributed by atoms with van der Waals surface area (Å²) in [4.78, 5) is 27.6. The van der Waals surface area contributed by atoms with Crippen LogP contribution in [0, 0.1) is 5.82 Å². The Morgan fingerprint density at radius 2 is 1.81 bits per heavy atom. The van der Waals surface area contributed by atoms with E-state index in [0.29, 0.717) is 18.8 Å². The molecule has 2 atom stereocenters. The van der Waals surface area contributed by atoms with E-state index in [1.807, 2.05) is 0 Å². The second kappa shape index (κ2) is 8.67. The molecule has 27 heavy (non-hydrogen) atoms. The number of carbonyl (C=O) groups excluding carboxylic acids is 2. The molecular formula is C19H27FN4O3. The van der Waals surface area contributed by atoms with Crippen LogP contribution in [0.15, 0.2) is 18.2 Å². The van der Waals surface area contributed by atoms with Gasteiger partial charge in [0, 0.05) is 44.8 Å². The van der Waals surface area contributed by atoms with Crippen LogP contribution in [0.3, 0.4) is 0 Å². The highest BCUT2D eigenvalue weighted by molar-refractivity contribution is 5.92. The number of amides is 3. The van der Waals surface area contributed by atoms with Gasteiger partial charge in [-0.1, -0.05) is 12.8 Å². The van der Waals surface area contributed by atoms with Crippen LogP contribution in [0.5, 0.6) is 0 Å². The molecule has 3 N–H and O–H groups in total. The van der Waals surface area contributed by atoms with Gasteiger partial charge in [0.2, 0.25) is 5.91 Å². The largest absolute Gasteiger partial charge is 0.391 e. The highest BCUT2D eigenvalue weighted by Crippen LogP contribution is 2.24. The zero-order valence-electron chi connectivity index (χ0n) is 15.6. The number of urea groups is 1. The molecule has 2 fully saturated rings. The molecule has 148 valence electrons. The molecule has 3 rings (SSSR count). The Labute approximate surface area is 158 Å². The molecule has 8 heteroatoms. The van der Waals surface area contributed by atoms with Crippen LogP contribution >= 0.6 is 0 Å². The monoisotopic (exact) mass is 378 g/mol. The van der Waals surface area contributed by atoms with E-state index in [1.165, 1.54) is 25.1 Å². The van der Waals surface area contributed by atoms with Gasteiger partial charge in [-0.3, -0.25) is 9.69 Å². The van der Waals surface area contributed by atoms with Crippen molar-refractivity contribution in [3.63, 3.8) is 0 Å². The van der Waals surface area contributed by atoms with Gasteiger partial charge < -0.3 is 20.6 Å². The van der Waals surface area contributed by atoms with E-state index in [-0.39, 0.29) is 29.8 Å². The molecule has 0 radical (unpaired) electrons. The van der Waals surface area contributed by atoms with E-state index >= 15 is 0 Å². The molecule has 2 aliphatic rings. The Morgan fingerprint density at radius 3 is 2.48 bits per heavy atom. The predicted octanol–water partition coefficient (Wildman–Crippen LogP) is 2.24. The molecular weight excluding hydrogens is 351 g/mol. The first-order valence-electron chi connectivity index (χ1n) is 9.49. The van der Waals surface area contributed by atoms with E-state index in [2.05, 4.69) is 15.5 Å². The Hall–Kier alpha value is -2.19. The van der Waals surface area contributed by atoms with Crippen molar-refractivity contribution in [1.29, 1.82) is 0 Å². The van der Waals surface area contributed by atoms with E-state index < -0.39 is 5.82 Å². The number of aliphatic hydroxyl groups is 1. The van der Waals surface area contributed by atoms with Crippen molar-refractivity contribution < 1.29 is 19.1 Å². The van der Waals surface area contributed by atoms with E-state index in [1.54, 1.807) is 4.90 Å². The minimum Gasteiger partial charge on any atom is -0.391 e. The Bertz CT molecular complexity index is 692. The minimum atomic E-state index is -0.553. The van der Waals surface area contributed by atoms with E-state index in [4.69, 9.17) is 0 Å². The third-order valence-electron chi connectivity index (χ3n) is 5.29. The standard InChI is InChI=1S/C19H27FN4O3/c1-13(25)21-16-12-14(6-7-15(16)20)22-19(27)24-10-8-23(9-11-24)17-4-2-3-5-18(17)26/h6-7,12,17-18,26H,2-5,8-11H2,1H3,(H,21,25)(H,22,27)/t17-,18-/m0/s1. The molecule has 0 unspecified atom stereocenters. The highest BCUT2D eigenvalue weighted by atomic mass is 19.1. The number of hydrogen-bond acceptors (Lipinski definition) is 4. The number of nitrogens with zero attached hydrogens (tertiary/aromatic N) is 2. The van der Waals surface area contributed by atoms with Crippen LogP contribution < -0.4 is 10.6 Å². The molecule has 1 aromatic rings. The summed E-state index contributed by atoms with van der Waals surface area (Å²) in [6.07, 6.45) is 3.81. The van der Waals surface area contributed by atoms with Gasteiger partial charge in [-0.2, -0.15) is 0 Å². The summed E-state index contributed by atoms with van der Waals surface area (Å²) in [5, 5.41) is 15.4. The van der Waals surface area contributed by atoms with Crippen molar-refractivity contribution in [3.8, 4) is 0 Å². The summed E-state index contributed by atoms with van der Waals surface area (Å²) >= 11 is 0. The van der Waals surface area contributed by atoms with Crippen LogP contribution in [0.2, 0.25) is 0 Å². The summed E-state index contributed by atoms with van der Waals surface area (Å²) in [7, 11) is 0. The molecule has 1 saturated heterocycles. The molecule has 1 aliphatic heterocycles. The fourth-order valence-electron chi connectivity index (χ4n) is 3.87. The maximum absolute atomic E-state index is 13.7. The average molecular weight is 378 g/mol. The lowest BCUT2D eigenvalue weighted by molar-refractivity contribution is -0.114. The number of rotatable bonds is 3. The van der Waals surface area contributed by atoms with Crippen molar-refractivity contribution in [1.82, 2.24) is 9.80 Å². The lowest BCUT2D eigenvalue weighted by Crippen LogP contribution is -2.56. The number of hydrogen-bond donors (Lipinski definition) is 3. The first-order chi connectivity index (χ1) is 12.9. The summed E-state index contributed by atoms with van der Waals surface area (Å²) < 4.78 is 13.7. The van der Waals surface area contributed by atoms with Crippen LogP contribution in [-0.2, 0) is 4.79 Å². The molecule has 0 spiro atoms. The molecule has 1 aliphatic carbocycles. The number of carbonyl (C=O) groups is 2. The maximum Gasteiger partial charge on any atom is 0.321 e. The number of halogens is 1. The van der Waals surface area contributed by atoms with Crippen molar-refractivity contribution in [2.24, 2.45) is 0 Å². The van der Waals surface area contributed by atoms with Crippen molar-refractivity contribution in [2.75, 3.05) is 36.8 Å². The quantitative estimate of drug-likeness (QED) is 0.753. The second-order valence-corrected chi connectivity index (χ2v) is 7.25. The fraction of sp³-hybridized carbons (Fsp3) is 0.579. The first kappa shape index (κ1) is 19.6. The third kappa shape index (κ3) is 4.95. The molecule has 3 amide bonds. The van der Waals surface area contributed by atoms with Gasteiger partial charge in [0.1, 0.15) is 5.82 Å². The number of piperazine rings is 1. The van der Waals surface area contributed by atoms with Gasteiger partial charge in [0.15, 0.2) is 0 Å². The smallest absolute Gasteiger partial charge is 0.321 e. The van der Waals surface area contributed by atoms with Crippen molar-refractivity contribution in [3.05, 3.63) is 24.0 Å². The van der Waals surface area contributed by atoms with Gasteiger partial charge in [-0.05, 0) is 31.0 Å². The molecule has 7 nitrogen and oxygen atoms in total. The molecule has 1 heterocycles. The van der Waals surface area contributed by atoms with E-state index in [0.717, 1.165) is 38.8 Å². The average Bonchev–Trinajstić information content (AvgIpc) is 2.64. The van der Waals surface area contributed by atoms with Crippen LogP contribution in [0.1, 0.15) is 32.6 Å². The summed E-state index contributed by atoms with van der Waals surface area (Å²) in [5.41, 5.74) is 0.465. The van der Waals surface area contributed by atoms with Crippen LogP contribution in [-0.4, -0.2) is 65.2 Å².